The standard InChI is InChI=1S/C12H9N5O2S/c1-8-11(7-14)12(16-15-8)17-20(18,19)10-4-2-3-9(5-10)6-13/h2-5H,1H3,(H2,15,16,17). The Morgan fingerprint density at radius 1 is 1.30 bits per heavy atom. The monoisotopic (exact) mass is 287 g/mol. The van der Waals surface area contributed by atoms with Gasteiger partial charge < -0.3 is 0 Å². The van der Waals surface area contributed by atoms with Crippen LogP contribution < -0.4 is 4.72 Å². The molecule has 1 aromatic carbocycles. The van der Waals surface area contributed by atoms with E-state index in [4.69, 9.17) is 10.5 Å². The number of nitrogens with one attached hydrogen (secondary N) is 2. The lowest BCUT2D eigenvalue weighted by Gasteiger charge is -2.05. The summed E-state index contributed by atoms with van der Waals surface area (Å²) in [4.78, 5) is -0.0684. The number of aromatic nitrogens is 2. The Bertz CT molecular complexity index is 839. The van der Waals surface area contributed by atoms with E-state index in [1.165, 1.54) is 24.3 Å². The minimum atomic E-state index is -3.90. The molecule has 0 aliphatic rings. The molecule has 0 atom stereocenters. The number of sulfonamides is 1. The predicted octanol–water partition coefficient (Wildman–Crippen LogP) is 1.26. The fraction of sp³-hybridized carbons (Fsp3) is 0.0833. The molecule has 2 aromatic rings. The molecule has 0 unspecified atom stereocenters. The minimum absolute atomic E-state index is 0.0626. The molecule has 0 bridgehead atoms. The van der Waals surface area contributed by atoms with Crippen molar-refractivity contribution in [1.82, 2.24) is 10.2 Å². The molecular formula is C12H9N5O2S. The zero-order chi connectivity index (χ0) is 14.8. The van der Waals surface area contributed by atoms with Gasteiger partial charge in [-0.25, -0.2) is 8.42 Å². The summed E-state index contributed by atoms with van der Waals surface area (Å²) in [5, 5.41) is 24.0. The van der Waals surface area contributed by atoms with E-state index in [0.717, 1.165) is 0 Å². The van der Waals surface area contributed by atoms with Crippen LogP contribution in [0.1, 0.15) is 16.8 Å². The fourth-order valence-corrected chi connectivity index (χ4v) is 2.62. The third-order valence-electron chi connectivity index (χ3n) is 2.56. The Morgan fingerprint density at radius 3 is 2.70 bits per heavy atom. The summed E-state index contributed by atoms with van der Waals surface area (Å²) >= 11 is 0. The molecule has 7 nitrogen and oxygen atoms in total. The van der Waals surface area contributed by atoms with Crippen molar-refractivity contribution in [3.05, 3.63) is 41.1 Å². The number of anilines is 1. The summed E-state index contributed by atoms with van der Waals surface area (Å²) in [6, 6.07) is 9.30. The van der Waals surface area contributed by atoms with Crippen LogP contribution >= 0.6 is 0 Å². The maximum Gasteiger partial charge on any atom is 0.263 e. The van der Waals surface area contributed by atoms with Gasteiger partial charge in [0, 0.05) is 0 Å². The average molecular weight is 287 g/mol. The van der Waals surface area contributed by atoms with Crippen LogP contribution in [0, 0.1) is 29.6 Å². The highest BCUT2D eigenvalue weighted by atomic mass is 32.2. The molecule has 8 heteroatoms. The first kappa shape index (κ1) is 13.6. The lowest BCUT2D eigenvalue weighted by Crippen LogP contribution is -2.14. The average Bonchev–Trinajstić information content (AvgIpc) is 2.78. The molecule has 0 saturated carbocycles. The van der Waals surface area contributed by atoms with Gasteiger partial charge in [0.15, 0.2) is 5.82 Å². The highest BCUT2D eigenvalue weighted by Crippen LogP contribution is 2.19. The van der Waals surface area contributed by atoms with E-state index < -0.39 is 10.0 Å². The van der Waals surface area contributed by atoms with Crippen molar-refractivity contribution < 1.29 is 8.42 Å². The molecule has 0 spiro atoms. The minimum Gasteiger partial charge on any atom is -0.279 e. The van der Waals surface area contributed by atoms with E-state index in [1.807, 2.05) is 12.1 Å². The molecule has 2 N–H and O–H groups in total. The molecule has 0 saturated heterocycles. The first-order valence-electron chi connectivity index (χ1n) is 5.46. The lowest BCUT2D eigenvalue weighted by molar-refractivity contribution is 0.601. The summed E-state index contributed by atoms with van der Waals surface area (Å²) in [6.07, 6.45) is 0. The van der Waals surface area contributed by atoms with Gasteiger partial charge in [0.25, 0.3) is 10.0 Å². The van der Waals surface area contributed by atoms with Crippen molar-refractivity contribution >= 4 is 15.8 Å². The molecule has 2 rings (SSSR count). The summed E-state index contributed by atoms with van der Waals surface area (Å²) < 4.78 is 26.6. The van der Waals surface area contributed by atoms with Gasteiger partial charge in [-0.05, 0) is 25.1 Å². The zero-order valence-electron chi connectivity index (χ0n) is 10.4. The van der Waals surface area contributed by atoms with Crippen molar-refractivity contribution in [3.63, 3.8) is 0 Å². The molecule has 0 aliphatic carbocycles. The zero-order valence-corrected chi connectivity index (χ0v) is 11.2. The summed E-state index contributed by atoms with van der Waals surface area (Å²) in [5.74, 6) is -0.0626. The number of aromatic amines is 1. The lowest BCUT2D eigenvalue weighted by atomic mass is 10.2. The molecule has 100 valence electrons. The molecule has 1 aromatic heterocycles. The molecule has 0 amide bonds. The SMILES string of the molecule is Cc1[nH]nc(NS(=O)(=O)c2cccc(C#N)c2)c1C#N. The maximum atomic E-state index is 12.2. The number of H-pyrrole nitrogens is 1. The van der Waals surface area contributed by atoms with Crippen LogP contribution in [0.5, 0.6) is 0 Å². The van der Waals surface area contributed by atoms with Gasteiger partial charge in [0.05, 0.1) is 22.2 Å². The highest BCUT2D eigenvalue weighted by molar-refractivity contribution is 7.92. The van der Waals surface area contributed by atoms with E-state index >= 15 is 0 Å². The number of rotatable bonds is 3. The Labute approximate surface area is 115 Å². The highest BCUT2D eigenvalue weighted by Gasteiger charge is 2.19. The van der Waals surface area contributed by atoms with Gasteiger partial charge in [0.1, 0.15) is 11.6 Å². The van der Waals surface area contributed by atoms with Gasteiger partial charge >= 0.3 is 0 Å². The van der Waals surface area contributed by atoms with Crippen LogP contribution in [0.4, 0.5) is 5.82 Å². The van der Waals surface area contributed by atoms with Crippen molar-refractivity contribution in [1.29, 1.82) is 10.5 Å². The van der Waals surface area contributed by atoms with Gasteiger partial charge in [0.2, 0.25) is 0 Å². The van der Waals surface area contributed by atoms with Gasteiger partial charge in [-0.3, -0.25) is 9.82 Å². The summed E-state index contributed by atoms with van der Waals surface area (Å²) in [7, 11) is -3.90. The van der Waals surface area contributed by atoms with Gasteiger partial charge in [-0.1, -0.05) is 6.07 Å². The van der Waals surface area contributed by atoms with Crippen LogP contribution in [0.3, 0.4) is 0 Å². The number of hydrogen-bond acceptors (Lipinski definition) is 5. The topological polar surface area (TPSA) is 122 Å². The van der Waals surface area contributed by atoms with E-state index in [1.54, 1.807) is 6.92 Å². The Balaban J connectivity index is 2.42. The predicted molar refractivity (Wildman–Crippen MR) is 70.0 cm³/mol. The third-order valence-corrected chi connectivity index (χ3v) is 3.90. The van der Waals surface area contributed by atoms with E-state index in [-0.39, 0.29) is 21.8 Å². The normalized spacial score (nSPS) is 10.6. The van der Waals surface area contributed by atoms with Crippen molar-refractivity contribution in [2.24, 2.45) is 0 Å². The van der Waals surface area contributed by atoms with Gasteiger partial charge in [-0.15, -0.1) is 0 Å². The third kappa shape index (κ3) is 2.46. The molecule has 0 fully saturated rings. The number of benzene rings is 1. The Hall–Kier alpha value is -2.84. The summed E-state index contributed by atoms with van der Waals surface area (Å²) in [6.45, 7) is 1.61. The van der Waals surface area contributed by atoms with Crippen molar-refractivity contribution in [3.8, 4) is 12.1 Å². The fourth-order valence-electron chi connectivity index (χ4n) is 1.56. The molecule has 1 heterocycles. The summed E-state index contributed by atoms with van der Waals surface area (Å²) in [5.41, 5.74) is 0.826. The Kier molecular flexibility index (Phi) is 3.42. The van der Waals surface area contributed by atoms with Crippen LogP contribution in [-0.4, -0.2) is 18.6 Å². The Morgan fingerprint density at radius 2 is 2.05 bits per heavy atom. The number of hydrogen-bond donors (Lipinski definition) is 2. The van der Waals surface area contributed by atoms with Crippen LogP contribution in [0.2, 0.25) is 0 Å². The second-order valence-electron chi connectivity index (χ2n) is 3.93. The number of nitrogens with zero attached hydrogens (tertiary/aromatic N) is 3. The number of aryl methyl sites for hydroxylation is 1. The molecular weight excluding hydrogens is 278 g/mol. The first-order valence-corrected chi connectivity index (χ1v) is 6.94. The first-order chi connectivity index (χ1) is 9.47. The van der Waals surface area contributed by atoms with E-state index in [0.29, 0.717) is 5.69 Å². The number of nitriles is 2. The van der Waals surface area contributed by atoms with E-state index in [2.05, 4.69) is 14.9 Å². The second kappa shape index (κ2) is 5.03. The molecule has 0 aliphatic heterocycles. The quantitative estimate of drug-likeness (QED) is 0.879. The van der Waals surface area contributed by atoms with Crippen molar-refractivity contribution in [2.45, 2.75) is 11.8 Å². The van der Waals surface area contributed by atoms with Crippen LogP contribution in [0.15, 0.2) is 29.2 Å². The second-order valence-corrected chi connectivity index (χ2v) is 5.61. The largest absolute Gasteiger partial charge is 0.279 e. The van der Waals surface area contributed by atoms with Gasteiger partial charge in [-0.2, -0.15) is 15.6 Å². The smallest absolute Gasteiger partial charge is 0.263 e. The molecule has 0 radical (unpaired) electrons. The molecule has 20 heavy (non-hydrogen) atoms. The van der Waals surface area contributed by atoms with Crippen LogP contribution in [-0.2, 0) is 10.0 Å². The van der Waals surface area contributed by atoms with E-state index in [9.17, 15) is 8.42 Å². The van der Waals surface area contributed by atoms with Crippen LogP contribution in [0.25, 0.3) is 0 Å². The van der Waals surface area contributed by atoms with Crippen molar-refractivity contribution in [2.75, 3.05) is 4.72 Å². The maximum absolute atomic E-state index is 12.2.